The van der Waals surface area contributed by atoms with E-state index in [4.69, 9.17) is 5.11 Å². The molecule has 1 aromatic rings. The second kappa shape index (κ2) is 4.07. The molecule has 1 spiro atoms. The van der Waals surface area contributed by atoms with Gasteiger partial charge in [-0.2, -0.15) is 5.10 Å². The molecule has 98 valence electrons. The van der Waals surface area contributed by atoms with E-state index < -0.39 is 0 Å². The number of hydrogen-bond acceptors (Lipinski definition) is 4. The second-order valence-corrected chi connectivity index (χ2v) is 5.56. The largest absolute Gasteiger partial charge is 0.396 e. The first-order chi connectivity index (χ1) is 8.63. The molecule has 18 heavy (non-hydrogen) atoms. The Kier molecular flexibility index (Phi) is 2.64. The minimum absolute atomic E-state index is 0.0137. The highest BCUT2D eigenvalue weighted by atomic mass is 16.3. The molecule has 6 heteroatoms. The number of carbonyl (C=O) groups is 1. The molecule has 1 aromatic heterocycles. The van der Waals surface area contributed by atoms with Crippen LogP contribution in [0.1, 0.15) is 29.0 Å². The lowest BCUT2D eigenvalue weighted by atomic mass is 9.74. The van der Waals surface area contributed by atoms with Crippen molar-refractivity contribution in [3.05, 3.63) is 17.5 Å². The molecule has 3 heterocycles. The van der Waals surface area contributed by atoms with Crippen molar-refractivity contribution in [1.29, 1.82) is 0 Å². The maximum atomic E-state index is 12.1. The van der Waals surface area contributed by atoms with Crippen LogP contribution in [-0.2, 0) is 0 Å². The molecule has 0 radical (unpaired) electrons. The van der Waals surface area contributed by atoms with Gasteiger partial charge in [-0.1, -0.05) is 6.92 Å². The van der Waals surface area contributed by atoms with Crippen LogP contribution in [-0.4, -0.2) is 58.9 Å². The lowest BCUT2D eigenvalue weighted by Crippen LogP contribution is -2.71. The standard InChI is InChI=1S/C12H18N4O2/c1-8(3-17)9-2-10(15-14-9)11(18)16-6-12(7-16)4-13-5-12/h2,8,13,17H,3-7H2,1H3,(H,14,15). The third-order valence-electron chi connectivity index (χ3n) is 3.96. The SMILES string of the molecule is CC(CO)c1cc(C(=O)N2CC3(CNC3)C2)n[nH]1. The highest BCUT2D eigenvalue weighted by molar-refractivity contribution is 5.93. The molecule has 0 aromatic carbocycles. The molecule has 2 aliphatic rings. The van der Waals surface area contributed by atoms with Crippen molar-refractivity contribution in [3.8, 4) is 0 Å². The van der Waals surface area contributed by atoms with Crippen LogP contribution >= 0.6 is 0 Å². The Balaban J connectivity index is 1.64. The fraction of sp³-hybridized carbons (Fsp3) is 0.667. The van der Waals surface area contributed by atoms with E-state index in [2.05, 4.69) is 15.5 Å². The number of nitrogens with zero attached hydrogens (tertiary/aromatic N) is 2. The molecule has 3 rings (SSSR count). The molecule has 2 saturated heterocycles. The van der Waals surface area contributed by atoms with E-state index in [0.29, 0.717) is 11.1 Å². The summed E-state index contributed by atoms with van der Waals surface area (Å²) >= 11 is 0. The minimum Gasteiger partial charge on any atom is -0.396 e. The molecular formula is C12H18N4O2. The molecule has 0 saturated carbocycles. The normalized spacial score (nSPS) is 22.4. The second-order valence-electron chi connectivity index (χ2n) is 5.56. The summed E-state index contributed by atoms with van der Waals surface area (Å²) < 4.78 is 0. The maximum absolute atomic E-state index is 12.1. The maximum Gasteiger partial charge on any atom is 0.274 e. The number of rotatable bonds is 3. The highest BCUT2D eigenvalue weighted by Gasteiger charge is 2.49. The molecule has 0 aliphatic carbocycles. The van der Waals surface area contributed by atoms with Crippen molar-refractivity contribution in [2.75, 3.05) is 32.8 Å². The first-order valence-corrected chi connectivity index (χ1v) is 6.30. The Hall–Kier alpha value is -1.40. The average molecular weight is 250 g/mol. The summed E-state index contributed by atoms with van der Waals surface area (Å²) in [6.45, 7) is 5.64. The average Bonchev–Trinajstić information content (AvgIpc) is 2.73. The van der Waals surface area contributed by atoms with Crippen LogP contribution in [0.5, 0.6) is 0 Å². The van der Waals surface area contributed by atoms with Gasteiger partial charge in [-0.15, -0.1) is 0 Å². The van der Waals surface area contributed by atoms with Gasteiger partial charge in [0.25, 0.3) is 5.91 Å². The van der Waals surface area contributed by atoms with Crippen LogP contribution in [0.4, 0.5) is 0 Å². The van der Waals surface area contributed by atoms with Crippen molar-refractivity contribution < 1.29 is 9.90 Å². The van der Waals surface area contributed by atoms with E-state index >= 15 is 0 Å². The summed E-state index contributed by atoms with van der Waals surface area (Å²) in [4.78, 5) is 14.0. The summed E-state index contributed by atoms with van der Waals surface area (Å²) in [5, 5.41) is 19.2. The van der Waals surface area contributed by atoms with Gasteiger partial charge in [0, 0.05) is 43.2 Å². The van der Waals surface area contributed by atoms with Gasteiger partial charge in [-0.3, -0.25) is 9.89 Å². The van der Waals surface area contributed by atoms with E-state index in [-0.39, 0.29) is 18.4 Å². The number of carbonyl (C=O) groups excluding carboxylic acids is 1. The number of aliphatic hydroxyl groups excluding tert-OH is 1. The zero-order chi connectivity index (χ0) is 12.8. The number of hydrogen-bond donors (Lipinski definition) is 3. The summed E-state index contributed by atoms with van der Waals surface area (Å²) in [5.74, 6) is -0.0298. The molecule has 3 N–H and O–H groups in total. The number of H-pyrrole nitrogens is 1. The van der Waals surface area contributed by atoms with Gasteiger partial charge in [-0.05, 0) is 6.07 Å². The van der Waals surface area contributed by atoms with Crippen LogP contribution in [0.3, 0.4) is 0 Å². The molecular weight excluding hydrogens is 232 g/mol. The number of nitrogens with one attached hydrogen (secondary N) is 2. The molecule has 2 aliphatic heterocycles. The van der Waals surface area contributed by atoms with Gasteiger partial charge in [0.05, 0.1) is 6.61 Å². The van der Waals surface area contributed by atoms with E-state index in [1.165, 1.54) is 0 Å². The number of amides is 1. The molecule has 1 atom stereocenters. The predicted molar refractivity (Wildman–Crippen MR) is 65.3 cm³/mol. The van der Waals surface area contributed by atoms with Crippen LogP contribution in [0, 0.1) is 5.41 Å². The van der Waals surface area contributed by atoms with Gasteiger partial charge >= 0.3 is 0 Å². The zero-order valence-electron chi connectivity index (χ0n) is 10.4. The third-order valence-corrected chi connectivity index (χ3v) is 3.96. The summed E-state index contributed by atoms with van der Waals surface area (Å²) in [6, 6.07) is 1.74. The Morgan fingerprint density at radius 1 is 1.61 bits per heavy atom. The van der Waals surface area contributed by atoms with Gasteiger partial charge < -0.3 is 15.3 Å². The lowest BCUT2D eigenvalue weighted by molar-refractivity contribution is -0.0251. The van der Waals surface area contributed by atoms with Crippen LogP contribution in [0.15, 0.2) is 6.07 Å². The molecule has 6 nitrogen and oxygen atoms in total. The van der Waals surface area contributed by atoms with E-state index in [1.54, 1.807) is 6.07 Å². The number of likely N-dealkylation sites (tertiary alicyclic amines) is 1. The highest BCUT2D eigenvalue weighted by Crippen LogP contribution is 2.34. The van der Waals surface area contributed by atoms with Crippen molar-refractivity contribution in [3.63, 3.8) is 0 Å². The number of aromatic amines is 1. The van der Waals surface area contributed by atoms with Crippen molar-refractivity contribution in [1.82, 2.24) is 20.4 Å². The first kappa shape index (κ1) is 11.7. The van der Waals surface area contributed by atoms with Crippen LogP contribution < -0.4 is 5.32 Å². The number of aliphatic hydroxyl groups is 1. The fourth-order valence-corrected chi connectivity index (χ4v) is 2.57. The van der Waals surface area contributed by atoms with E-state index in [1.807, 2.05) is 11.8 Å². The van der Waals surface area contributed by atoms with Crippen LogP contribution in [0.25, 0.3) is 0 Å². The van der Waals surface area contributed by atoms with Crippen molar-refractivity contribution in [2.45, 2.75) is 12.8 Å². The minimum atomic E-state index is -0.0161. The monoisotopic (exact) mass is 250 g/mol. The quantitative estimate of drug-likeness (QED) is 0.679. The smallest absolute Gasteiger partial charge is 0.274 e. The Labute approximate surface area is 105 Å². The van der Waals surface area contributed by atoms with Crippen molar-refractivity contribution >= 4 is 5.91 Å². The van der Waals surface area contributed by atoms with E-state index in [0.717, 1.165) is 31.9 Å². The Bertz CT molecular complexity index is 458. The molecule has 1 amide bonds. The van der Waals surface area contributed by atoms with Gasteiger partial charge in [0.1, 0.15) is 5.69 Å². The lowest BCUT2D eigenvalue weighted by Gasteiger charge is -2.55. The van der Waals surface area contributed by atoms with Crippen molar-refractivity contribution in [2.24, 2.45) is 5.41 Å². The Morgan fingerprint density at radius 2 is 2.33 bits per heavy atom. The van der Waals surface area contributed by atoms with Gasteiger partial charge in [0.2, 0.25) is 0 Å². The Morgan fingerprint density at radius 3 is 2.89 bits per heavy atom. The fourth-order valence-electron chi connectivity index (χ4n) is 2.57. The van der Waals surface area contributed by atoms with Crippen LogP contribution in [0.2, 0.25) is 0 Å². The topological polar surface area (TPSA) is 81.2 Å². The molecule has 2 fully saturated rings. The predicted octanol–water partition coefficient (Wildman–Crippen LogP) is -0.449. The molecule has 0 bridgehead atoms. The zero-order valence-corrected chi connectivity index (χ0v) is 10.4. The van der Waals surface area contributed by atoms with Gasteiger partial charge in [-0.25, -0.2) is 0 Å². The van der Waals surface area contributed by atoms with Gasteiger partial charge in [0.15, 0.2) is 0 Å². The summed E-state index contributed by atoms with van der Waals surface area (Å²) in [7, 11) is 0. The third kappa shape index (κ3) is 1.72. The van der Waals surface area contributed by atoms with E-state index in [9.17, 15) is 4.79 Å². The summed E-state index contributed by atoms with van der Waals surface area (Å²) in [6.07, 6.45) is 0. The number of aromatic nitrogens is 2. The first-order valence-electron chi connectivity index (χ1n) is 6.30. The molecule has 1 unspecified atom stereocenters. The summed E-state index contributed by atoms with van der Waals surface area (Å²) in [5.41, 5.74) is 1.60.